The summed E-state index contributed by atoms with van der Waals surface area (Å²) in [5, 5.41) is 9.18. The lowest BCUT2D eigenvalue weighted by molar-refractivity contribution is -0.145. The molecule has 0 spiro atoms. The van der Waals surface area contributed by atoms with Gasteiger partial charge in [0.15, 0.2) is 0 Å². The first kappa shape index (κ1) is 15.9. The summed E-state index contributed by atoms with van der Waals surface area (Å²) >= 11 is 0. The molecule has 19 heavy (non-hydrogen) atoms. The van der Waals surface area contributed by atoms with Crippen LogP contribution in [0.25, 0.3) is 0 Å². The van der Waals surface area contributed by atoms with E-state index < -0.39 is 24.0 Å². The summed E-state index contributed by atoms with van der Waals surface area (Å²) in [5.41, 5.74) is 5.90. The van der Waals surface area contributed by atoms with Crippen molar-refractivity contribution in [3.05, 3.63) is 0 Å². The number of amides is 1. The molecule has 6 heteroatoms. The van der Waals surface area contributed by atoms with E-state index in [1.54, 1.807) is 4.90 Å². The van der Waals surface area contributed by atoms with Crippen LogP contribution in [0.15, 0.2) is 0 Å². The van der Waals surface area contributed by atoms with Gasteiger partial charge in [-0.25, -0.2) is 0 Å². The largest absolute Gasteiger partial charge is 0.481 e. The van der Waals surface area contributed by atoms with Crippen molar-refractivity contribution >= 4 is 11.9 Å². The smallest absolute Gasteiger partial charge is 0.311 e. The lowest BCUT2D eigenvalue weighted by Crippen LogP contribution is -2.54. The fourth-order valence-corrected chi connectivity index (χ4v) is 2.24. The van der Waals surface area contributed by atoms with Crippen molar-refractivity contribution in [2.75, 3.05) is 19.8 Å². The maximum Gasteiger partial charge on any atom is 0.311 e. The Labute approximate surface area is 113 Å². The van der Waals surface area contributed by atoms with Crippen molar-refractivity contribution in [1.29, 1.82) is 0 Å². The van der Waals surface area contributed by atoms with Gasteiger partial charge in [-0.3, -0.25) is 9.59 Å². The number of carbonyl (C=O) groups excluding carboxylic acids is 1. The van der Waals surface area contributed by atoms with Crippen LogP contribution in [0.3, 0.4) is 0 Å². The second kappa shape index (κ2) is 6.86. The normalized spacial score (nSPS) is 24.5. The Hall–Kier alpha value is -1.14. The van der Waals surface area contributed by atoms with E-state index in [4.69, 9.17) is 10.5 Å². The standard InChI is InChI=1S/C13H24N2O4/c1-4-5-15(12(16)11(14)8(2)3)10-7-19-6-9(10)13(17)18/h8-11H,4-7,14H2,1-3H3,(H,17,18)/t9?,10?,11-/m0/s1. The number of nitrogens with zero attached hydrogens (tertiary/aromatic N) is 1. The predicted molar refractivity (Wildman–Crippen MR) is 70.6 cm³/mol. The summed E-state index contributed by atoms with van der Waals surface area (Å²) in [4.78, 5) is 25.2. The Morgan fingerprint density at radius 3 is 2.53 bits per heavy atom. The molecule has 3 atom stereocenters. The number of rotatable bonds is 6. The van der Waals surface area contributed by atoms with E-state index in [1.807, 2.05) is 20.8 Å². The number of carboxylic acids is 1. The van der Waals surface area contributed by atoms with Gasteiger partial charge < -0.3 is 20.5 Å². The number of ether oxygens (including phenoxy) is 1. The fourth-order valence-electron chi connectivity index (χ4n) is 2.24. The van der Waals surface area contributed by atoms with E-state index in [2.05, 4.69) is 0 Å². The highest BCUT2D eigenvalue weighted by molar-refractivity contribution is 5.83. The first-order valence-electron chi connectivity index (χ1n) is 6.76. The maximum atomic E-state index is 12.4. The van der Waals surface area contributed by atoms with Gasteiger partial charge in [0.05, 0.1) is 25.3 Å². The quantitative estimate of drug-likeness (QED) is 0.726. The average molecular weight is 272 g/mol. The fraction of sp³-hybridized carbons (Fsp3) is 0.846. The maximum absolute atomic E-state index is 12.4. The van der Waals surface area contributed by atoms with Crippen molar-refractivity contribution in [2.24, 2.45) is 17.6 Å². The summed E-state index contributed by atoms with van der Waals surface area (Å²) in [6.45, 7) is 6.65. The van der Waals surface area contributed by atoms with Crippen LogP contribution in [0.4, 0.5) is 0 Å². The van der Waals surface area contributed by atoms with Crippen molar-refractivity contribution in [3.8, 4) is 0 Å². The van der Waals surface area contributed by atoms with E-state index in [-0.39, 0.29) is 25.0 Å². The number of hydrogen-bond donors (Lipinski definition) is 2. The molecule has 110 valence electrons. The Morgan fingerprint density at radius 1 is 1.42 bits per heavy atom. The molecule has 2 unspecified atom stereocenters. The van der Waals surface area contributed by atoms with Gasteiger partial charge in [-0.2, -0.15) is 0 Å². The molecule has 0 aromatic rings. The second-order valence-electron chi connectivity index (χ2n) is 5.35. The molecule has 1 aliphatic heterocycles. The van der Waals surface area contributed by atoms with Gasteiger partial charge in [0.2, 0.25) is 5.91 Å². The first-order valence-corrected chi connectivity index (χ1v) is 6.76. The van der Waals surface area contributed by atoms with Crippen LogP contribution in [0.2, 0.25) is 0 Å². The Kier molecular flexibility index (Phi) is 5.75. The van der Waals surface area contributed by atoms with Crippen LogP contribution in [0.1, 0.15) is 27.2 Å². The zero-order valence-electron chi connectivity index (χ0n) is 11.8. The Balaban J connectivity index is 2.87. The molecule has 1 saturated heterocycles. The lowest BCUT2D eigenvalue weighted by atomic mass is 9.98. The van der Waals surface area contributed by atoms with Crippen molar-refractivity contribution in [1.82, 2.24) is 4.90 Å². The van der Waals surface area contributed by atoms with Gasteiger partial charge in [0.25, 0.3) is 0 Å². The van der Waals surface area contributed by atoms with Crippen molar-refractivity contribution < 1.29 is 19.4 Å². The highest BCUT2D eigenvalue weighted by atomic mass is 16.5. The third-order valence-corrected chi connectivity index (χ3v) is 3.52. The van der Waals surface area contributed by atoms with Gasteiger partial charge >= 0.3 is 5.97 Å². The molecule has 0 aromatic heterocycles. The Bertz CT molecular complexity index is 333. The molecule has 0 aromatic carbocycles. The third-order valence-electron chi connectivity index (χ3n) is 3.52. The Morgan fingerprint density at radius 2 is 2.05 bits per heavy atom. The zero-order valence-corrected chi connectivity index (χ0v) is 11.8. The molecule has 1 heterocycles. The van der Waals surface area contributed by atoms with Crippen LogP contribution in [0.5, 0.6) is 0 Å². The number of nitrogens with two attached hydrogens (primary N) is 1. The van der Waals surface area contributed by atoms with E-state index >= 15 is 0 Å². The molecule has 1 fully saturated rings. The van der Waals surface area contributed by atoms with E-state index in [1.165, 1.54) is 0 Å². The van der Waals surface area contributed by atoms with Gasteiger partial charge in [0, 0.05) is 6.54 Å². The third kappa shape index (κ3) is 3.67. The number of carboxylic acid groups (broad SMARTS) is 1. The lowest BCUT2D eigenvalue weighted by Gasteiger charge is -2.33. The molecule has 1 amide bonds. The summed E-state index contributed by atoms with van der Waals surface area (Å²) < 4.78 is 5.23. The second-order valence-corrected chi connectivity index (χ2v) is 5.35. The molecule has 1 aliphatic rings. The molecule has 0 aliphatic carbocycles. The minimum Gasteiger partial charge on any atom is -0.481 e. The van der Waals surface area contributed by atoms with Crippen LogP contribution in [0, 0.1) is 11.8 Å². The van der Waals surface area contributed by atoms with Gasteiger partial charge in [-0.05, 0) is 12.3 Å². The molecular weight excluding hydrogens is 248 g/mol. The number of carbonyl (C=O) groups is 2. The average Bonchev–Trinajstić information content (AvgIpc) is 2.83. The van der Waals surface area contributed by atoms with Crippen molar-refractivity contribution in [3.63, 3.8) is 0 Å². The SMILES string of the molecule is CCCN(C(=O)[C@@H](N)C(C)C)C1COCC1C(=O)O. The summed E-state index contributed by atoms with van der Waals surface area (Å²) in [6, 6.07) is -1.00. The first-order chi connectivity index (χ1) is 8.90. The van der Waals surface area contributed by atoms with E-state index in [9.17, 15) is 14.7 Å². The monoisotopic (exact) mass is 272 g/mol. The molecule has 0 radical (unpaired) electrons. The van der Waals surface area contributed by atoms with Crippen LogP contribution < -0.4 is 5.73 Å². The number of hydrogen-bond acceptors (Lipinski definition) is 4. The number of aliphatic carboxylic acids is 1. The molecule has 3 N–H and O–H groups in total. The molecule has 1 rings (SSSR count). The van der Waals surface area contributed by atoms with Crippen LogP contribution >= 0.6 is 0 Å². The minimum absolute atomic E-state index is 0.0254. The molecule has 0 saturated carbocycles. The molecule has 6 nitrogen and oxygen atoms in total. The molecular formula is C13H24N2O4. The van der Waals surface area contributed by atoms with E-state index in [0.717, 1.165) is 6.42 Å². The summed E-state index contributed by atoms with van der Waals surface area (Å²) in [5.74, 6) is -1.74. The van der Waals surface area contributed by atoms with Gasteiger partial charge in [-0.1, -0.05) is 20.8 Å². The molecule has 0 bridgehead atoms. The summed E-state index contributed by atoms with van der Waals surface area (Å²) in [7, 11) is 0. The van der Waals surface area contributed by atoms with E-state index in [0.29, 0.717) is 6.54 Å². The zero-order chi connectivity index (χ0) is 14.6. The van der Waals surface area contributed by atoms with Gasteiger partial charge in [0.1, 0.15) is 5.92 Å². The van der Waals surface area contributed by atoms with Gasteiger partial charge in [-0.15, -0.1) is 0 Å². The highest BCUT2D eigenvalue weighted by Gasteiger charge is 2.41. The minimum atomic E-state index is -0.922. The predicted octanol–water partition coefficient (Wildman–Crippen LogP) is 0.308. The van der Waals surface area contributed by atoms with Crippen molar-refractivity contribution in [2.45, 2.75) is 39.3 Å². The van der Waals surface area contributed by atoms with Crippen LogP contribution in [-0.4, -0.2) is 53.7 Å². The summed E-state index contributed by atoms with van der Waals surface area (Å²) in [6.07, 6.45) is 0.763. The topological polar surface area (TPSA) is 92.9 Å². The highest BCUT2D eigenvalue weighted by Crippen LogP contribution is 2.22. The van der Waals surface area contributed by atoms with Crippen LogP contribution in [-0.2, 0) is 14.3 Å².